The number of hydrogen-bond acceptors (Lipinski definition) is 4. The molecule has 6 atom stereocenters. The molecule has 2 aromatic carbocycles. The number of hydrogen-bond donors (Lipinski definition) is 2. The second kappa shape index (κ2) is 7.98. The highest BCUT2D eigenvalue weighted by molar-refractivity contribution is 6.01. The third kappa shape index (κ3) is 3.14. The minimum Gasteiger partial charge on any atom is -0.488 e. The lowest BCUT2D eigenvalue weighted by Crippen LogP contribution is -2.70. The lowest BCUT2D eigenvalue weighted by molar-refractivity contribution is -0.233. The third-order valence-corrected chi connectivity index (χ3v) is 10.5. The number of carbonyl (C=O) groups is 1. The van der Waals surface area contributed by atoms with Crippen LogP contribution in [0.5, 0.6) is 11.5 Å². The van der Waals surface area contributed by atoms with E-state index in [1.807, 2.05) is 31.2 Å². The van der Waals surface area contributed by atoms with Gasteiger partial charge in [-0.3, -0.25) is 4.79 Å². The number of nitrogens with one attached hydrogen (secondary N) is 1. The van der Waals surface area contributed by atoms with Gasteiger partial charge in [0.05, 0.1) is 17.7 Å². The summed E-state index contributed by atoms with van der Waals surface area (Å²) in [5.41, 5.74) is 3.12. The number of amides is 1. The lowest BCUT2D eigenvalue weighted by atomic mass is 9.43. The van der Waals surface area contributed by atoms with Gasteiger partial charge >= 0.3 is 0 Å². The summed E-state index contributed by atoms with van der Waals surface area (Å²) >= 11 is 0. The first-order chi connectivity index (χ1) is 17.1. The second-order valence-corrected chi connectivity index (χ2v) is 12.6. The molecular formula is C31H39NO4. The van der Waals surface area contributed by atoms with E-state index in [1.165, 1.54) is 0 Å². The number of fused-ring (bicyclic) bond motifs is 3. The molecule has 2 fully saturated rings. The zero-order valence-electron chi connectivity index (χ0n) is 22.2. The van der Waals surface area contributed by atoms with Gasteiger partial charge < -0.3 is 19.9 Å². The van der Waals surface area contributed by atoms with Crippen LogP contribution in [0.3, 0.4) is 0 Å². The predicted molar refractivity (Wildman–Crippen MR) is 139 cm³/mol. The summed E-state index contributed by atoms with van der Waals surface area (Å²) in [6.07, 6.45) is 4.27. The summed E-state index contributed by atoms with van der Waals surface area (Å²) < 4.78 is 13.8. The maximum Gasteiger partial charge on any atom is 0.252 e. The summed E-state index contributed by atoms with van der Waals surface area (Å²) in [4.78, 5) is 13.0. The highest BCUT2D eigenvalue weighted by atomic mass is 16.5. The van der Waals surface area contributed by atoms with Crippen molar-refractivity contribution in [2.24, 2.45) is 22.7 Å². The third-order valence-electron chi connectivity index (χ3n) is 10.5. The first kappa shape index (κ1) is 23.8. The Morgan fingerprint density at radius 3 is 2.61 bits per heavy atom. The Morgan fingerprint density at radius 2 is 1.86 bits per heavy atom. The van der Waals surface area contributed by atoms with Gasteiger partial charge in [0.1, 0.15) is 23.7 Å². The maximum absolute atomic E-state index is 13.0. The van der Waals surface area contributed by atoms with Crippen molar-refractivity contribution in [1.29, 1.82) is 0 Å². The Morgan fingerprint density at radius 1 is 1.11 bits per heavy atom. The Hall–Kier alpha value is -2.53. The van der Waals surface area contributed by atoms with Crippen molar-refractivity contribution in [2.75, 3.05) is 0 Å². The molecular weight excluding hydrogens is 450 g/mol. The molecule has 0 aromatic heterocycles. The molecule has 0 radical (unpaired) electrons. The smallest absolute Gasteiger partial charge is 0.252 e. The van der Waals surface area contributed by atoms with E-state index < -0.39 is 0 Å². The van der Waals surface area contributed by atoms with Crippen molar-refractivity contribution >= 4 is 5.91 Å². The van der Waals surface area contributed by atoms with E-state index >= 15 is 0 Å². The molecule has 2 aliphatic heterocycles. The molecule has 0 unspecified atom stereocenters. The SMILES string of the molecule is C[C@H]1NC(=O)c2cc(OCc3ccccc3)c3c(c21)O[C@@]12CC[C@H](O)C(C)(C)[C@@H]1CC[C@H](C)[C@@]2(C)C3. The molecule has 5 nitrogen and oxygen atoms in total. The fraction of sp³-hybridized carbons (Fsp3) is 0.581. The zero-order valence-corrected chi connectivity index (χ0v) is 22.2. The van der Waals surface area contributed by atoms with Crippen LogP contribution in [-0.2, 0) is 13.0 Å². The normalized spacial score (nSPS) is 36.0. The van der Waals surface area contributed by atoms with Crippen molar-refractivity contribution < 1.29 is 19.4 Å². The molecule has 5 heteroatoms. The summed E-state index contributed by atoms with van der Waals surface area (Å²) in [5, 5.41) is 14.1. The monoisotopic (exact) mass is 489 g/mol. The van der Waals surface area contributed by atoms with E-state index in [1.54, 1.807) is 0 Å². The standard InChI is InChI=1S/C31H39NO4/c1-18-11-12-24-29(3,4)25(33)13-14-31(24)30(18,5)16-22-23(35-17-20-9-7-6-8-10-20)15-21-26(27(22)36-31)19(2)32-28(21)34/h6-10,15,18-19,24-25,33H,11-14,16-17H2,1-5H3,(H,32,34)/t18-,19+,24-,25-,30+,31-/m0/s1. The van der Waals surface area contributed by atoms with Gasteiger partial charge in [0.25, 0.3) is 5.91 Å². The van der Waals surface area contributed by atoms with Gasteiger partial charge in [0.15, 0.2) is 0 Å². The molecule has 1 spiro atoms. The van der Waals surface area contributed by atoms with E-state index in [-0.39, 0.29) is 40.4 Å². The average Bonchev–Trinajstić information content (AvgIpc) is 3.13. The van der Waals surface area contributed by atoms with Crippen LogP contribution < -0.4 is 14.8 Å². The van der Waals surface area contributed by atoms with Gasteiger partial charge in [0, 0.05) is 22.5 Å². The molecule has 2 aliphatic carbocycles. The van der Waals surface area contributed by atoms with Crippen molar-refractivity contribution in [3.63, 3.8) is 0 Å². The van der Waals surface area contributed by atoms with E-state index in [0.717, 1.165) is 60.3 Å². The molecule has 4 aliphatic rings. The van der Waals surface area contributed by atoms with Gasteiger partial charge in [-0.15, -0.1) is 0 Å². The molecule has 2 saturated carbocycles. The zero-order chi connectivity index (χ0) is 25.5. The first-order valence-electron chi connectivity index (χ1n) is 13.6. The van der Waals surface area contributed by atoms with Crippen LogP contribution in [-0.4, -0.2) is 22.7 Å². The quantitative estimate of drug-likeness (QED) is 0.557. The molecule has 192 valence electrons. The van der Waals surface area contributed by atoms with Crippen molar-refractivity contribution in [3.05, 3.63) is 58.7 Å². The summed E-state index contributed by atoms with van der Waals surface area (Å²) in [6.45, 7) is 11.7. The molecule has 6 rings (SSSR count). The minimum absolute atomic E-state index is 0.0627. The Labute approximate surface area is 214 Å². The number of benzene rings is 2. The number of rotatable bonds is 3. The van der Waals surface area contributed by atoms with Crippen LogP contribution in [0.2, 0.25) is 0 Å². The van der Waals surface area contributed by atoms with Gasteiger partial charge in [-0.1, -0.05) is 58.0 Å². The topological polar surface area (TPSA) is 67.8 Å². The number of aliphatic hydroxyl groups excluding tert-OH is 1. The van der Waals surface area contributed by atoms with E-state index in [9.17, 15) is 9.90 Å². The van der Waals surface area contributed by atoms with Gasteiger partial charge in [0.2, 0.25) is 0 Å². The summed E-state index contributed by atoms with van der Waals surface area (Å²) in [6, 6.07) is 12.0. The number of carbonyl (C=O) groups excluding carboxylic acids is 1. The number of aliphatic hydroxyl groups is 1. The van der Waals surface area contributed by atoms with Crippen LogP contribution in [0.4, 0.5) is 0 Å². The molecule has 2 N–H and O–H groups in total. The second-order valence-electron chi connectivity index (χ2n) is 12.6. The maximum atomic E-state index is 13.0. The molecule has 2 heterocycles. The lowest BCUT2D eigenvalue weighted by Gasteiger charge is -2.67. The van der Waals surface area contributed by atoms with E-state index in [0.29, 0.717) is 18.1 Å². The minimum atomic E-state index is -0.377. The van der Waals surface area contributed by atoms with Crippen molar-refractivity contribution in [1.82, 2.24) is 5.32 Å². The van der Waals surface area contributed by atoms with Crippen molar-refractivity contribution in [2.45, 2.75) is 91.1 Å². The average molecular weight is 490 g/mol. The molecule has 0 saturated heterocycles. The Kier molecular flexibility index (Phi) is 5.29. The predicted octanol–water partition coefficient (Wildman–Crippen LogP) is 5.98. The van der Waals surface area contributed by atoms with Gasteiger partial charge in [-0.2, -0.15) is 0 Å². The largest absolute Gasteiger partial charge is 0.488 e. The van der Waals surface area contributed by atoms with Gasteiger partial charge in [-0.05, 0) is 62.0 Å². The fourth-order valence-electron chi connectivity index (χ4n) is 8.09. The summed E-state index contributed by atoms with van der Waals surface area (Å²) in [7, 11) is 0. The molecule has 1 amide bonds. The Bertz CT molecular complexity index is 1210. The summed E-state index contributed by atoms with van der Waals surface area (Å²) in [5.74, 6) is 2.27. The van der Waals surface area contributed by atoms with Crippen LogP contribution in [0.25, 0.3) is 0 Å². The molecule has 2 aromatic rings. The first-order valence-corrected chi connectivity index (χ1v) is 13.6. The molecule has 0 bridgehead atoms. The highest BCUT2D eigenvalue weighted by Crippen LogP contribution is 2.67. The van der Waals surface area contributed by atoms with Crippen LogP contribution in [0, 0.1) is 22.7 Å². The van der Waals surface area contributed by atoms with Crippen LogP contribution in [0.15, 0.2) is 36.4 Å². The van der Waals surface area contributed by atoms with E-state index in [4.69, 9.17) is 9.47 Å². The van der Waals surface area contributed by atoms with E-state index in [2.05, 4.69) is 45.1 Å². The number of ether oxygens (including phenoxy) is 2. The van der Waals surface area contributed by atoms with Crippen LogP contribution >= 0.6 is 0 Å². The van der Waals surface area contributed by atoms with Gasteiger partial charge in [-0.25, -0.2) is 0 Å². The molecule has 36 heavy (non-hydrogen) atoms. The fourth-order valence-corrected chi connectivity index (χ4v) is 8.09. The van der Waals surface area contributed by atoms with Crippen LogP contribution in [0.1, 0.15) is 93.4 Å². The highest BCUT2D eigenvalue weighted by Gasteiger charge is 2.68. The Balaban J connectivity index is 1.51. The van der Waals surface area contributed by atoms with Crippen molar-refractivity contribution in [3.8, 4) is 11.5 Å².